The van der Waals surface area contributed by atoms with Gasteiger partial charge in [-0.05, 0) is 24.6 Å². The first-order chi connectivity index (χ1) is 6.38. The predicted octanol–water partition coefficient (Wildman–Crippen LogP) is 2.86. The molecular weight excluding hydrogens is 197 g/mol. The summed E-state index contributed by atoms with van der Waals surface area (Å²) in [7, 11) is 0. The number of aliphatic hydroxyl groups is 1. The van der Waals surface area contributed by atoms with Gasteiger partial charge in [0.1, 0.15) is 11.9 Å². The quantitative estimate of drug-likeness (QED) is 0.804. The Morgan fingerprint density at radius 2 is 2.00 bits per heavy atom. The van der Waals surface area contributed by atoms with Gasteiger partial charge in [-0.15, -0.1) is 13.2 Å². The van der Waals surface area contributed by atoms with Gasteiger partial charge in [-0.2, -0.15) is 0 Å². The fraction of sp³-hybridized carbons (Fsp3) is 0.222. The molecule has 0 aliphatic heterocycles. The van der Waals surface area contributed by atoms with E-state index in [9.17, 15) is 13.2 Å². The lowest BCUT2D eigenvalue weighted by Crippen LogP contribution is -2.17. The summed E-state index contributed by atoms with van der Waals surface area (Å²) in [4.78, 5) is 0. The molecule has 0 saturated carbocycles. The summed E-state index contributed by atoms with van der Waals surface area (Å²) < 4.78 is 39.0. The maximum Gasteiger partial charge on any atom is 0.573 e. The highest BCUT2D eigenvalue weighted by Crippen LogP contribution is 2.24. The van der Waals surface area contributed by atoms with E-state index in [2.05, 4.69) is 4.74 Å². The summed E-state index contributed by atoms with van der Waals surface area (Å²) >= 11 is 0. The molecule has 0 atom stereocenters. The van der Waals surface area contributed by atoms with Gasteiger partial charge in [0.05, 0.1) is 0 Å². The zero-order valence-electron chi connectivity index (χ0n) is 7.30. The Morgan fingerprint density at radius 3 is 2.50 bits per heavy atom. The fourth-order valence-corrected chi connectivity index (χ4v) is 0.918. The van der Waals surface area contributed by atoms with Crippen LogP contribution < -0.4 is 4.74 Å². The summed E-state index contributed by atoms with van der Waals surface area (Å²) in [5, 5.41) is 9.03. The Morgan fingerprint density at radius 1 is 1.36 bits per heavy atom. The van der Waals surface area contributed by atoms with Crippen LogP contribution in [0.4, 0.5) is 13.2 Å². The Labute approximate surface area is 78.9 Å². The largest absolute Gasteiger partial charge is 0.573 e. The molecule has 2 nitrogen and oxygen atoms in total. The van der Waals surface area contributed by atoms with E-state index in [4.69, 9.17) is 5.11 Å². The predicted molar refractivity (Wildman–Crippen MR) is 43.1 cm³/mol. The molecule has 1 N–H and O–H groups in total. The minimum Gasteiger partial charge on any atom is -0.406 e. The third-order valence-electron chi connectivity index (χ3n) is 1.49. The Bertz CT molecular complexity index is 307. The van der Waals surface area contributed by atoms with Crippen LogP contribution in [0.15, 0.2) is 24.3 Å². The summed E-state index contributed by atoms with van der Waals surface area (Å²) in [5.41, 5.74) is 0.298. The molecular formula is C9H8F3O2. The molecule has 0 aliphatic rings. The average Bonchev–Trinajstić information content (AvgIpc) is 2.01. The monoisotopic (exact) mass is 205 g/mol. The van der Waals surface area contributed by atoms with Gasteiger partial charge in [0.25, 0.3) is 0 Å². The van der Waals surface area contributed by atoms with Crippen LogP contribution in [0.2, 0.25) is 0 Å². The number of halogens is 3. The molecule has 1 aromatic rings. The van der Waals surface area contributed by atoms with E-state index in [1.165, 1.54) is 25.1 Å². The van der Waals surface area contributed by atoms with Crippen LogP contribution in [-0.2, 0) is 0 Å². The number of ether oxygens (including phenoxy) is 1. The summed E-state index contributed by atoms with van der Waals surface area (Å²) in [6.45, 7) is 1.38. The lowest BCUT2D eigenvalue weighted by atomic mass is 10.1. The zero-order chi connectivity index (χ0) is 10.8. The lowest BCUT2D eigenvalue weighted by Gasteiger charge is -2.10. The van der Waals surface area contributed by atoms with Crippen molar-refractivity contribution in [2.75, 3.05) is 0 Å². The van der Waals surface area contributed by atoms with Gasteiger partial charge in [-0.25, -0.2) is 0 Å². The van der Waals surface area contributed by atoms with Crippen LogP contribution in [0.1, 0.15) is 12.5 Å². The van der Waals surface area contributed by atoms with E-state index in [0.29, 0.717) is 5.56 Å². The van der Waals surface area contributed by atoms with Gasteiger partial charge >= 0.3 is 6.36 Å². The minimum absolute atomic E-state index is 0.0578. The van der Waals surface area contributed by atoms with Crippen LogP contribution in [0.3, 0.4) is 0 Å². The van der Waals surface area contributed by atoms with Gasteiger partial charge in [0.2, 0.25) is 0 Å². The standard InChI is InChI=1S/C9H8F3O2/c1-6(13)7-3-2-4-8(5-7)14-9(10,11)12/h2-5,13H,1H3. The van der Waals surface area contributed by atoms with E-state index < -0.39 is 6.36 Å². The third kappa shape index (κ3) is 3.26. The fourth-order valence-electron chi connectivity index (χ4n) is 0.918. The smallest absolute Gasteiger partial charge is 0.406 e. The number of hydrogen-bond donors (Lipinski definition) is 1. The number of hydrogen-bond acceptors (Lipinski definition) is 2. The highest BCUT2D eigenvalue weighted by atomic mass is 19.4. The molecule has 1 rings (SSSR count). The van der Waals surface area contributed by atoms with Gasteiger partial charge in [-0.1, -0.05) is 12.1 Å². The topological polar surface area (TPSA) is 29.5 Å². The second-order valence-electron chi connectivity index (χ2n) is 2.66. The molecule has 0 amide bonds. The number of alkyl halides is 3. The molecule has 1 radical (unpaired) electrons. The molecule has 14 heavy (non-hydrogen) atoms. The van der Waals surface area contributed by atoms with E-state index in [1.54, 1.807) is 0 Å². The van der Waals surface area contributed by atoms with Crippen molar-refractivity contribution in [1.82, 2.24) is 0 Å². The van der Waals surface area contributed by atoms with Crippen LogP contribution in [0, 0.1) is 6.10 Å². The van der Waals surface area contributed by atoms with E-state index in [0.717, 1.165) is 6.07 Å². The van der Waals surface area contributed by atoms with Crippen molar-refractivity contribution in [2.45, 2.75) is 13.3 Å². The van der Waals surface area contributed by atoms with Crippen molar-refractivity contribution in [3.05, 3.63) is 35.9 Å². The number of rotatable bonds is 2. The molecule has 0 aliphatic carbocycles. The molecule has 0 spiro atoms. The van der Waals surface area contributed by atoms with Crippen molar-refractivity contribution in [3.8, 4) is 5.75 Å². The molecule has 5 heteroatoms. The molecule has 0 bridgehead atoms. The second-order valence-corrected chi connectivity index (χ2v) is 2.66. The van der Waals surface area contributed by atoms with Crippen molar-refractivity contribution in [2.24, 2.45) is 0 Å². The van der Waals surface area contributed by atoms with Crippen LogP contribution in [-0.4, -0.2) is 11.5 Å². The maximum atomic E-state index is 11.8. The second kappa shape index (κ2) is 3.88. The first-order valence-electron chi connectivity index (χ1n) is 3.77. The van der Waals surface area contributed by atoms with E-state index in [1.807, 2.05) is 0 Å². The maximum absolute atomic E-state index is 11.8. The van der Waals surface area contributed by atoms with Crippen LogP contribution in [0.25, 0.3) is 0 Å². The Hall–Kier alpha value is -1.23. The Kier molecular flexibility index (Phi) is 3.00. The minimum atomic E-state index is -4.71. The highest BCUT2D eigenvalue weighted by Gasteiger charge is 2.31. The molecule has 1 aromatic carbocycles. The number of benzene rings is 1. The zero-order valence-corrected chi connectivity index (χ0v) is 7.30. The normalized spacial score (nSPS) is 11.9. The van der Waals surface area contributed by atoms with Crippen molar-refractivity contribution >= 4 is 0 Å². The van der Waals surface area contributed by atoms with Crippen molar-refractivity contribution in [1.29, 1.82) is 0 Å². The van der Waals surface area contributed by atoms with Crippen LogP contribution in [0.5, 0.6) is 5.75 Å². The van der Waals surface area contributed by atoms with E-state index >= 15 is 0 Å². The first-order valence-corrected chi connectivity index (χ1v) is 3.77. The SMILES string of the molecule is C[C](O)c1cccc(OC(F)(F)F)c1. The lowest BCUT2D eigenvalue weighted by molar-refractivity contribution is -0.274. The van der Waals surface area contributed by atoms with Gasteiger partial charge in [0, 0.05) is 0 Å². The number of aliphatic hydroxyl groups excluding tert-OH is 1. The van der Waals surface area contributed by atoms with Crippen molar-refractivity contribution < 1.29 is 23.0 Å². The van der Waals surface area contributed by atoms with Gasteiger partial charge in [0.15, 0.2) is 0 Å². The molecule has 0 aromatic heterocycles. The van der Waals surface area contributed by atoms with Crippen LogP contribution >= 0.6 is 0 Å². The summed E-state index contributed by atoms with van der Waals surface area (Å²) in [6, 6.07) is 5.14. The van der Waals surface area contributed by atoms with Gasteiger partial charge in [-0.3, -0.25) is 0 Å². The van der Waals surface area contributed by atoms with E-state index in [-0.39, 0.29) is 11.9 Å². The average molecular weight is 205 g/mol. The molecule has 0 unspecified atom stereocenters. The molecule has 0 fully saturated rings. The van der Waals surface area contributed by atoms with Crippen molar-refractivity contribution in [3.63, 3.8) is 0 Å². The molecule has 0 heterocycles. The summed E-state index contributed by atoms with van der Waals surface area (Å²) in [5.74, 6) is -0.344. The third-order valence-corrected chi connectivity index (χ3v) is 1.49. The highest BCUT2D eigenvalue weighted by molar-refractivity contribution is 5.34. The van der Waals surface area contributed by atoms with Gasteiger partial charge < -0.3 is 9.84 Å². The Balaban J connectivity index is 2.84. The molecule has 77 valence electrons. The summed E-state index contributed by atoms with van der Waals surface area (Å²) in [6.07, 6.45) is -4.76. The first kappa shape index (κ1) is 10.8. The molecule has 0 saturated heterocycles.